The maximum absolute atomic E-state index is 15.5. The van der Waals surface area contributed by atoms with E-state index < -0.39 is 37.5 Å². The number of nitrogens with zero attached hydrogens (tertiary/aromatic N) is 1. The number of hydrogen-bond donors (Lipinski definition) is 1. The van der Waals surface area contributed by atoms with Gasteiger partial charge in [0.15, 0.2) is 15.5 Å². The molecule has 12 heteroatoms. The molecule has 0 bridgehead atoms. The maximum atomic E-state index is 15.5. The molecule has 0 spiro atoms. The van der Waals surface area contributed by atoms with Crippen molar-refractivity contribution in [3.8, 4) is 16.9 Å². The maximum Gasteiger partial charge on any atom is 0.258 e. The van der Waals surface area contributed by atoms with Crippen molar-refractivity contribution < 1.29 is 30.8 Å². The fraction of sp³-hybridized carbons (Fsp3) is 0.375. The number of piperidine rings is 1. The third-order valence-corrected chi connectivity index (χ3v) is 8.80. The fourth-order valence-corrected chi connectivity index (χ4v) is 6.23. The van der Waals surface area contributed by atoms with Crippen molar-refractivity contribution in [1.82, 2.24) is 9.62 Å². The molecule has 2 aromatic rings. The minimum atomic E-state index is -4.06. The first kappa shape index (κ1) is 28.1. The van der Waals surface area contributed by atoms with E-state index in [0.717, 1.165) is 16.0 Å². The van der Waals surface area contributed by atoms with Gasteiger partial charge in [-0.25, -0.2) is 21.2 Å². The monoisotopic (exact) mass is 558 g/mol. The van der Waals surface area contributed by atoms with Crippen molar-refractivity contribution in [3.05, 3.63) is 59.0 Å². The molecule has 0 aromatic heterocycles. The van der Waals surface area contributed by atoms with Crippen molar-refractivity contribution in [2.45, 2.75) is 36.4 Å². The van der Waals surface area contributed by atoms with Crippen LogP contribution in [-0.4, -0.2) is 65.2 Å². The van der Waals surface area contributed by atoms with Gasteiger partial charge in [-0.05, 0) is 31.2 Å². The molecule has 1 N–H and O–H groups in total. The average Bonchev–Trinajstić information content (AvgIpc) is 2.82. The first-order valence-corrected chi connectivity index (χ1v) is 14.9. The lowest BCUT2D eigenvalue weighted by molar-refractivity contribution is -0.135. The van der Waals surface area contributed by atoms with Crippen LogP contribution in [0.15, 0.2) is 58.8 Å². The molecule has 1 fully saturated rings. The molecule has 1 heterocycles. The zero-order valence-corrected chi connectivity index (χ0v) is 22.5. The number of alkyl halides is 1. The lowest BCUT2D eigenvalue weighted by Gasteiger charge is -2.35. The number of sulfone groups is 1. The van der Waals surface area contributed by atoms with E-state index in [1.54, 1.807) is 30.3 Å². The second kappa shape index (κ2) is 10.9. The smallest absolute Gasteiger partial charge is 0.258 e. The molecule has 1 atom stereocenters. The zero-order chi connectivity index (χ0) is 26.7. The molecule has 8 nitrogen and oxygen atoms in total. The molecule has 0 aliphatic carbocycles. The Morgan fingerprint density at radius 1 is 1.14 bits per heavy atom. The van der Waals surface area contributed by atoms with Crippen LogP contribution in [0, 0.1) is 0 Å². The second-order valence-corrected chi connectivity index (χ2v) is 12.9. The summed E-state index contributed by atoms with van der Waals surface area (Å²) in [6, 6.07) is 10.6. The standard InChI is InChI=1S/C24H28ClFN2O6S2/c1-17(10-15-35(3,30)31)27-23(29)24(26)11-13-28(14-12-24)36(32,33)22-9-8-18(34-2)16-20(22)19-6-4-5-7-21(19)25/h4-10,15-17H,11-14H2,1-3H3,(H,27,29)/b15-10-/t17-/m1/s1. The SMILES string of the molecule is COc1ccc(S(=O)(=O)N2CCC(F)(C(=O)N[C@H](C)/C=C\S(C)(=O)=O)CC2)c(-c2ccccc2Cl)c1. The molecule has 1 saturated heterocycles. The number of nitrogens with one attached hydrogen (secondary N) is 1. The highest BCUT2D eigenvalue weighted by molar-refractivity contribution is 7.93. The van der Waals surface area contributed by atoms with Crippen LogP contribution in [0.5, 0.6) is 5.75 Å². The molecular formula is C24H28ClFN2O6S2. The molecule has 1 aliphatic heterocycles. The van der Waals surface area contributed by atoms with Gasteiger partial charge in [0, 0.05) is 59.8 Å². The molecule has 0 radical (unpaired) electrons. The first-order valence-electron chi connectivity index (χ1n) is 11.1. The zero-order valence-electron chi connectivity index (χ0n) is 20.1. The van der Waals surface area contributed by atoms with Crippen LogP contribution in [0.1, 0.15) is 19.8 Å². The molecule has 3 rings (SSSR count). The highest BCUT2D eigenvalue weighted by Crippen LogP contribution is 2.38. The number of halogens is 2. The van der Waals surface area contributed by atoms with Crippen LogP contribution in [0.25, 0.3) is 11.1 Å². The van der Waals surface area contributed by atoms with E-state index in [2.05, 4.69) is 5.32 Å². The minimum Gasteiger partial charge on any atom is -0.497 e. The Bertz CT molecular complexity index is 1370. The number of benzene rings is 2. The molecule has 2 aromatic carbocycles. The van der Waals surface area contributed by atoms with Gasteiger partial charge in [-0.2, -0.15) is 4.31 Å². The van der Waals surface area contributed by atoms with Gasteiger partial charge >= 0.3 is 0 Å². The minimum absolute atomic E-state index is 0.00764. The Balaban J connectivity index is 1.81. The van der Waals surface area contributed by atoms with Gasteiger partial charge < -0.3 is 10.1 Å². The van der Waals surface area contributed by atoms with E-state index in [4.69, 9.17) is 16.3 Å². The predicted octanol–water partition coefficient (Wildman–Crippen LogP) is 3.57. The van der Waals surface area contributed by atoms with Gasteiger partial charge in [-0.1, -0.05) is 35.9 Å². The highest BCUT2D eigenvalue weighted by Gasteiger charge is 2.45. The molecule has 1 aliphatic rings. The topological polar surface area (TPSA) is 110 Å². The predicted molar refractivity (Wildman–Crippen MR) is 137 cm³/mol. The van der Waals surface area contributed by atoms with Crippen molar-refractivity contribution in [2.75, 3.05) is 26.5 Å². The molecule has 0 unspecified atom stereocenters. The molecular weight excluding hydrogens is 531 g/mol. The number of rotatable bonds is 8. The van der Waals surface area contributed by atoms with Crippen LogP contribution < -0.4 is 10.1 Å². The number of carbonyl (C=O) groups excluding carboxylic acids is 1. The normalized spacial score (nSPS) is 17.6. The quantitative estimate of drug-likeness (QED) is 0.530. The van der Waals surface area contributed by atoms with Crippen molar-refractivity contribution in [2.24, 2.45) is 0 Å². The summed E-state index contributed by atoms with van der Waals surface area (Å²) in [5, 5.41) is 3.73. The second-order valence-electron chi connectivity index (χ2n) is 8.63. The van der Waals surface area contributed by atoms with E-state index in [-0.39, 0.29) is 30.8 Å². The Kier molecular flexibility index (Phi) is 8.49. The third-order valence-electron chi connectivity index (χ3n) is 5.86. The summed E-state index contributed by atoms with van der Waals surface area (Å²) in [6.07, 6.45) is 1.55. The van der Waals surface area contributed by atoms with Crippen molar-refractivity contribution >= 4 is 37.4 Å². The third kappa shape index (κ3) is 6.44. The number of ether oxygens (including phenoxy) is 1. The largest absolute Gasteiger partial charge is 0.497 e. The number of carbonyl (C=O) groups is 1. The van der Waals surface area contributed by atoms with E-state index >= 15 is 4.39 Å². The summed E-state index contributed by atoms with van der Waals surface area (Å²) in [4.78, 5) is 12.6. The average molecular weight is 559 g/mol. The fourth-order valence-electron chi connectivity index (χ4n) is 3.84. The Hall–Kier alpha value is -2.47. The Labute approximate surface area is 216 Å². The summed E-state index contributed by atoms with van der Waals surface area (Å²) < 4.78 is 71.5. The lowest BCUT2D eigenvalue weighted by atomic mass is 9.93. The molecule has 36 heavy (non-hydrogen) atoms. The summed E-state index contributed by atoms with van der Waals surface area (Å²) >= 11 is 6.34. The Morgan fingerprint density at radius 2 is 1.78 bits per heavy atom. The summed E-state index contributed by atoms with van der Waals surface area (Å²) in [5.74, 6) is -0.465. The first-order chi connectivity index (χ1) is 16.8. The number of hydrogen-bond acceptors (Lipinski definition) is 6. The van der Waals surface area contributed by atoms with Gasteiger partial charge in [0.25, 0.3) is 5.91 Å². The molecule has 0 saturated carbocycles. The van der Waals surface area contributed by atoms with Gasteiger partial charge in [0.1, 0.15) is 5.75 Å². The van der Waals surface area contributed by atoms with Crippen LogP contribution in [0.3, 0.4) is 0 Å². The number of amides is 1. The molecule has 1 amide bonds. The highest BCUT2D eigenvalue weighted by atomic mass is 35.5. The lowest BCUT2D eigenvalue weighted by Crippen LogP contribution is -2.53. The Morgan fingerprint density at radius 3 is 2.36 bits per heavy atom. The van der Waals surface area contributed by atoms with Crippen molar-refractivity contribution in [1.29, 1.82) is 0 Å². The van der Waals surface area contributed by atoms with Crippen LogP contribution >= 0.6 is 11.6 Å². The van der Waals surface area contributed by atoms with Crippen molar-refractivity contribution in [3.63, 3.8) is 0 Å². The number of methoxy groups -OCH3 is 1. The van der Waals surface area contributed by atoms with E-state index in [9.17, 15) is 21.6 Å². The van der Waals surface area contributed by atoms with Crippen LogP contribution in [0.4, 0.5) is 4.39 Å². The van der Waals surface area contributed by atoms with E-state index in [0.29, 0.717) is 21.9 Å². The van der Waals surface area contributed by atoms with Gasteiger partial charge in [-0.3, -0.25) is 4.79 Å². The summed E-state index contributed by atoms with van der Waals surface area (Å²) in [5.41, 5.74) is -1.43. The van der Waals surface area contributed by atoms with Crippen LogP contribution in [-0.2, 0) is 24.7 Å². The van der Waals surface area contributed by atoms with Gasteiger partial charge in [0.05, 0.1) is 12.0 Å². The van der Waals surface area contributed by atoms with Gasteiger partial charge in [0.2, 0.25) is 10.0 Å². The number of sulfonamides is 1. The molecule has 196 valence electrons. The summed E-state index contributed by atoms with van der Waals surface area (Å²) in [6.45, 7) is 1.09. The van der Waals surface area contributed by atoms with Gasteiger partial charge in [-0.15, -0.1) is 0 Å². The summed E-state index contributed by atoms with van der Waals surface area (Å²) in [7, 11) is -5.99. The van der Waals surface area contributed by atoms with E-state index in [1.165, 1.54) is 32.2 Å². The van der Waals surface area contributed by atoms with E-state index in [1.807, 2.05) is 0 Å². The van der Waals surface area contributed by atoms with Crippen LogP contribution in [0.2, 0.25) is 5.02 Å².